The second-order valence-electron chi connectivity index (χ2n) is 4.36. The van der Waals surface area contributed by atoms with Gasteiger partial charge in [0.2, 0.25) is 0 Å². The summed E-state index contributed by atoms with van der Waals surface area (Å²) in [4.78, 5) is 12.2. The zero-order valence-electron chi connectivity index (χ0n) is 10.3. The van der Waals surface area contributed by atoms with Crippen molar-refractivity contribution in [1.29, 1.82) is 0 Å². The van der Waals surface area contributed by atoms with Gasteiger partial charge in [-0.05, 0) is 17.7 Å². The number of hydrogen-bond donors (Lipinski definition) is 0. The first-order valence-corrected chi connectivity index (χ1v) is 7.57. The fourth-order valence-corrected chi connectivity index (χ4v) is 2.37. The van der Waals surface area contributed by atoms with Crippen molar-refractivity contribution in [3.63, 3.8) is 0 Å². The molecule has 0 aliphatic carbocycles. The van der Waals surface area contributed by atoms with Crippen molar-refractivity contribution in [3.8, 4) is 0 Å². The number of sulfone groups is 1. The molecule has 0 aliphatic heterocycles. The highest BCUT2D eigenvalue weighted by atomic mass is 32.2. The van der Waals surface area contributed by atoms with Crippen molar-refractivity contribution in [1.82, 2.24) is 0 Å². The molecule has 0 spiro atoms. The van der Waals surface area contributed by atoms with Crippen molar-refractivity contribution in [2.45, 2.75) is 12.2 Å². The van der Waals surface area contributed by atoms with Crippen LogP contribution in [-0.4, -0.2) is 25.7 Å². The zero-order valence-corrected chi connectivity index (χ0v) is 11.1. The summed E-state index contributed by atoms with van der Waals surface area (Å²) in [6, 6.07) is 12.8. The quantitative estimate of drug-likeness (QED) is 0.798. The third kappa shape index (κ3) is 2.29. The molecule has 0 saturated carbocycles. The Hall–Kier alpha value is -1.68. The Morgan fingerprint density at radius 1 is 1.06 bits per heavy atom. The number of carbonyl (C=O) groups excluding carboxylic acids is 1. The second kappa shape index (κ2) is 4.53. The van der Waals surface area contributed by atoms with Gasteiger partial charge in [-0.15, -0.1) is 0 Å². The molecule has 0 amide bonds. The average molecular weight is 262 g/mol. The molecule has 0 aliphatic rings. The van der Waals surface area contributed by atoms with Crippen LogP contribution in [0, 0.1) is 0 Å². The van der Waals surface area contributed by atoms with Gasteiger partial charge in [0.1, 0.15) is 5.25 Å². The molecule has 18 heavy (non-hydrogen) atoms. The highest BCUT2D eigenvalue weighted by Gasteiger charge is 2.25. The van der Waals surface area contributed by atoms with Crippen molar-refractivity contribution < 1.29 is 13.2 Å². The van der Waals surface area contributed by atoms with Crippen LogP contribution >= 0.6 is 0 Å². The van der Waals surface area contributed by atoms with Crippen LogP contribution in [0.2, 0.25) is 0 Å². The number of Topliss-reactive ketones (excluding diaryl/α,β-unsaturated/α-hetero) is 1. The summed E-state index contributed by atoms with van der Waals surface area (Å²) >= 11 is 0. The first-order valence-electron chi connectivity index (χ1n) is 5.62. The van der Waals surface area contributed by atoms with Crippen LogP contribution in [0.3, 0.4) is 0 Å². The largest absolute Gasteiger partial charge is 0.293 e. The van der Waals surface area contributed by atoms with Gasteiger partial charge >= 0.3 is 0 Å². The molecule has 2 aromatic rings. The van der Waals surface area contributed by atoms with E-state index in [9.17, 15) is 13.2 Å². The summed E-state index contributed by atoms with van der Waals surface area (Å²) in [5.41, 5.74) is 0.464. The minimum Gasteiger partial charge on any atom is -0.293 e. The fourth-order valence-electron chi connectivity index (χ4n) is 1.85. The number of carbonyl (C=O) groups is 1. The normalized spacial score (nSPS) is 13.4. The van der Waals surface area contributed by atoms with Crippen LogP contribution in [0.1, 0.15) is 17.3 Å². The van der Waals surface area contributed by atoms with Gasteiger partial charge in [-0.2, -0.15) is 0 Å². The maximum atomic E-state index is 12.2. The van der Waals surface area contributed by atoms with Crippen LogP contribution in [-0.2, 0) is 9.84 Å². The van der Waals surface area contributed by atoms with Gasteiger partial charge in [0.15, 0.2) is 15.6 Å². The number of hydrogen-bond acceptors (Lipinski definition) is 3. The standard InChI is InChI=1S/C14H14O3S/c1-10(18(2,16)17)14(15)13-9-5-7-11-6-3-4-8-12(11)13/h3-10H,1-2H3. The molecule has 2 rings (SSSR count). The van der Waals surface area contributed by atoms with E-state index in [4.69, 9.17) is 0 Å². The zero-order chi connectivity index (χ0) is 13.3. The lowest BCUT2D eigenvalue weighted by molar-refractivity contribution is 0.0993. The molecule has 2 aromatic carbocycles. The molecule has 4 heteroatoms. The topological polar surface area (TPSA) is 51.2 Å². The van der Waals surface area contributed by atoms with Gasteiger partial charge < -0.3 is 0 Å². The molecule has 0 N–H and O–H groups in total. The molecule has 0 aromatic heterocycles. The van der Waals surface area contributed by atoms with Crippen LogP contribution in [0.5, 0.6) is 0 Å². The Bertz CT molecular complexity index is 697. The fraction of sp³-hybridized carbons (Fsp3) is 0.214. The molecule has 0 saturated heterocycles. The number of fused-ring (bicyclic) bond motifs is 1. The Kier molecular flexibility index (Phi) is 3.22. The van der Waals surface area contributed by atoms with Crippen LogP contribution < -0.4 is 0 Å². The Balaban J connectivity index is 2.59. The van der Waals surface area contributed by atoms with Crippen molar-refractivity contribution in [3.05, 3.63) is 48.0 Å². The van der Waals surface area contributed by atoms with Crippen molar-refractivity contribution >= 4 is 26.4 Å². The molecular weight excluding hydrogens is 248 g/mol. The second-order valence-corrected chi connectivity index (χ2v) is 6.73. The highest BCUT2D eigenvalue weighted by Crippen LogP contribution is 2.21. The third-order valence-corrected chi connectivity index (χ3v) is 4.57. The van der Waals surface area contributed by atoms with E-state index in [1.165, 1.54) is 6.92 Å². The van der Waals surface area contributed by atoms with E-state index in [1.54, 1.807) is 12.1 Å². The van der Waals surface area contributed by atoms with Gasteiger partial charge in [-0.25, -0.2) is 8.42 Å². The smallest absolute Gasteiger partial charge is 0.181 e. The first-order chi connectivity index (χ1) is 8.41. The third-order valence-electron chi connectivity index (χ3n) is 3.07. The van der Waals surface area contributed by atoms with E-state index < -0.39 is 15.1 Å². The molecule has 94 valence electrons. The van der Waals surface area contributed by atoms with E-state index in [0.29, 0.717) is 5.56 Å². The minimum atomic E-state index is -3.37. The van der Waals surface area contributed by atoms with Gasteiger partial charge in [0, 0.05) is 11.8 Å². The molecule has 0 fully saturated rings. The summed E-state index contributed by atoms with van der Waals surface area (Å²) in [5.74, 6) is -0.352. The van der Waals surface area contributed by atoms with E-state index in [0.717, 1.165) is 17.0 Å². The molecule has 1 unspecified atom stereocenters. The van der Waals surface area contributed by atoms with Gasteiger partial charge in [0.05, 0.1) is 0 Å². The van der Waals surface area contributed by atoms with E-state index in [1.807, 2.05) is 30.3 Å². The average Bonchev–Trinajstić information content (AvgIpc) is 2.35. The van der Waals surface area contributed by atoms with Crippen LogP contribution in [0.4, 0.5) is 0 Å². The predicted octanol–water partition coefficient (Wildman–Crippen LogP) is 2.46. The summed E-state index contributed by atoms with van der Waals surface area (Å²) in [5, 5.41) is 0.716. The monoisotopic (exact) mass is 262 g/mol. The van der Waals surface area contributed by atoms with Crippen LogP contribution in [0.15, 0.2) is 42.5 Å². The predicted molar refractivity (Wildman–Crippen MR) is 72.6 cm³/mol. The van der Waals surface area contributed by atoms with Gasteiger partial charge in [-0.1, -0.05) is 42.5 Å². The molecule has 0 radical (unpaired) electrons. The van der Waals surface area contributed by atoms with Crippen molar-refractivity contribution in [2.24, 2.45) is 0 Å². The number of benzene rings is 2. The lowest BCUT2D eigenvalue weighted by atomic mass is 10.0. The Morgan fingerprint density at radius 2 is 1.67 bits per heavy atom. The van der Waals surface area contributed by atoms with E-state index in [2.05, 4.69) is 0 Å². The Morgan fingerprint density at radius 3 is 2.33 bits per heavy atom. The molecule has 0 heterocycles. The minimum absolute atomic E-state index is 0.352. The molecule has 3 nitrogen and oxygen atoms in total. The lowest BCUT2D eigenvalue weighted by Gasteiger charge is -2.10. The maximum Gasteiger partial charge on any atom is 0.181 e. The van der Waals surface area contributed by atoms with E-state index in [-0.39, 0.29) is 5.78 Å². The summed E-state index contributed by atoms with van der Waals surface area (Å²) in [6.07, 6.45) is 1.08. The number of ketones is 1. The van der Waals surface area contributed by atoms with Gasteiger partial charge in [-0.3, -0.25) is 4.79 Å². The summed E-state index contributed by atoms with van der Waals surface area (Å²) in [7, 11) is -3.37. The molecule has 1 atom stereocenters. The van der Waals surface area contributed by atoms with Crippen molar-refractivity contribution in [2.75, 3.05) is 6.26 Å². The number of rotatable bonds is 3. The molecular formula is C14H14O3S. The lowest BCUT2D eigenvalue weighted by Crippen LogP contribution is -2.26. The van der Waals surface area contributed by atoms with Crippen LogP contribution in [0.25, 0.3) is 10.8 Å². The molecule has 0 bridgehead atoms. The summed E-state index contributed by atoms with van der Waals surface area (Å²) in [6.45, 7) is 1.43. The highest BCUT2D eigenvalue weighted by molar-refractivity contribution is 7.92. The summed E-state index contributed by atoms with van der Waals surface area (Å²) < 4.78 is 22.9. The van der Waals surface area contributed by atoms with E-state index >= 15 is 0 Å². The maximum absolute atomic E-state index is 12.2. The first kappa shape index (κ1) is 12.8. The Labute approximate surface area is 106 Å². The SMILES string of the molecule is CC(C(=O)c1cccc2ccccc12)S(C)(=O)=O. The van der Waals surface area contributed by atoms with Gasteiger partial charge in [0.25, 0.3) is 0 Å².